The minimum absolute atomic E-state index is 0.0129. The summed E-state index contributed by atoms with van der Waals surface area (Å²) >= 11 is 0. The van der Waals surface area contributed by atoms with Crippen LogP contribution in [0.4, 0.5) is 4.39 Å². The van der Waals surface area contributed by atoms with Crippen LogP contribution in [-0.4, -0.2) is 49.8 Å². The molecule has 152 valence electrons. The Balaban J connectivity index is 1.50. The molecule has 4 bridgehead atoms. The van der Waals surface area contributed by atoms with Crippen molar-refractivity contribution in [3.8, 4) is 0 Å². The lowest BCUT2D eigenvalue weighted by Gasteiger charge is -2.65. The standard InChI is InChI=1S/C23H30FNO3/c1-27-20-13-25(14-20)21(26)12-23(16-3-5-19(24)6-4-16)17-7-15-8-18(23)11-22(9-15,10-17)28-2/h3-6,15,17-18,20H,7-14H2,1-2H3/t15?,17?,18?,22-,23+. The van der Waals surface area contributed by atoms with Crippen LogP contribution >= 0.6 is 0 Å². The highest BCUT2D eigenvalue weighted by Crippen LogP contribution is 2.66. The van der Waals surface area contributed by atoms with Gasteiger partial charge in [-0.2, -0.15) is 0 Å². The second kappa shape index (κ2) is 6.53. The summed E-state index contributed by atoms with van der Waals surface area (Å²) in [5.74, 6) is 1.55. The van der Waals surface area contributed by atoms with Gasteiger partial charge in [0.1, 0.15) is 5.82 Å². The molecule has 1 aromatic carbocycles. The molecule has 4 nitrogen and oxygen atoms in total. The monoisotopic (exact) mass is 387 g/mol. The first-order valence-corrected chi connectivity index (χ1v) is 10.6. The zero-order chi connectivity index (χ0) is 19.5. The predicted octanol–water partition coefficient (Wildman–Crippen LogP) is 3.54. The van der Waals surface area contributed by atoms with Crippen LogP contribution in [0.15, 0.2) is 24.3 Å². The van der Waals surface area contributed by atoms with E-state index in [0.717, 1.165) is 37.7 Å². The lowest BCUT2D eigenvalue weighted by Crippen LogP contribution is -2.64. The van der Waals surface area contributed by atoms with Crippen molar-refractivity contribution < 1.29 is 18.7 Å². The SMILES string of the molecule is COC1CN(C(=O)C[C@]2(c3ccc(F)cc3)C3CC4CC2C[C@@](OC)(C4)C3)C1. The fourth-order valence-electron chi connectivity index (χ4n) is 7.05. The van der Waals surface area contributed by atoms with E-state index in [2.05, 4.69) is 0 Å². The van der Waals surface area contributed by atoms with E-state index in [4.69, 9.17) is 9.47 Å². The summed E-state index contributed by atoms with van der Waals surface area (Å²) in [7, 11) is 3.55. The number of hydrogen-bond acceptors (Lipinski definition) is 3. The minimum atomic E-state index is -0.215. The molecule has 1 amide bonds. The molecule has 4 saturated carbocycles. The molecule has 28 heavy (non-hydrogen) atoms. The number of likely N-dealkylation sites (tertiary alicyclic amines) is 1. The zero-order valence-electron chi connectivity index (χ0n) is 16.8. The molecule has 2 unspecified atom stereocenters. The Labute approximate surface area is 166 Å². The van der Waals surface area contributed by atoms with E-state index >= 15 is 0 Å². The molecule has 5 aliphatic rings. The van der Waals surface area contributed by atoms with E-state index in [0.29, 0.717) is 37.3 Å². The van der Waals surface area contributed by atoms with Crippen LogP contribution in [0.25, 0.3) is 0 Å². The second-order valence-corrected chi connectivity index (χ2v) is 9.61. The Bertz CT molecular complexity index is 742. The highest BCUT2D eigenvalue weighted by atomic mass is 19.1. The molecule has 0 spiro atoms. The molecule has 1 aromatic rings. The lowest BCUT2D eigenvalue weighted by atomic mass is 9.41. The summed E-state index contributed by atoms with van der Waals surface area (Å²) in [4.78, 5) is 15.2. The molecule has 0 N–H and O–H groups in total. The molecule has 0 aromatic heterocycles. The Morgan fingerprint density at radius 3 is 2.32 bits per heavy atom. The largest absolute Gasteiger partial charge is 0.378 e. The van der Waals surface area contributed by atoms with Gasteiger partial charge in [-0.15, -0.1) is 0 Å². The van der Waals surface area contributed by atoms with Crippen LogP contribution in [0.2, 0.25) is 0 Å². The van der Waals surface area contributed by atoms with Gasteiger partial charge < -0.3 is 14.4 Å². The van der Waals surface area contributed by atoms with Crippen molar-refractivity contribution in [1.29, 1.82) is 0 Å². The molecule has 4 aliphatic carbocycles. The van der Waals surface area contributed by atoms with E-state index in [9.17, 15) is 9.18 Å². The van der Waals surface area contributed by atoms with Gasteiger partial charge in [-0.1, -0.05) is 12.1 Å². The zero-order valence-corrected chi connectivity index (χ0v) is 16.8. The highest BCUT2D eigenvalue weighted by molar-refractivity contribution is 5.79. The number of carbonyl (C=O) groups is 1. The van der Waals surface area contributed by atoms with Crippen LogP contribution in [0.5, 0.6) is 0 Å². The first-order valence-electron chi connectivity index (χ1n) is 10.6. The van der Waals surface area contributed by atoms with Crippen molar-refractivity contribution in [2.45, 2.75) is 55.6 Å². The summed E-state index contributed by atoms with van der Waals surface area (Å²) in [6, 6.07) is 6.98. The number of hydrogen-bond donors (Lipinski definition) is 0. The molecule has 1 aliphatic heterocycles. The smallest absolute Gasteiger partial charge is 0.223 e. The third-order valence-corrected chi connectivity index (χ3v) is 8.38. The fourth-order valence-corrected chi connectivity index (χ4v) is 7.05. The molecule has 6 rings (SSSR count). The van der Waals surface area contributed by atoms with Crippen LogP contribution in [0.1, 0.15) is 44.1 Å². The second-order valence-electron chi connectivity index (χ2n) is 9.61. The maximum Gasteiger partial charge on any atom is 0.223 e. The Morgan fingerprint density at radius 2 is 1.75 bits per heavy atom. The summed E-state index contributed by atoms with van der Waals surface area (Å²) < 4.78 is 25.1. The Morgan fingerprint density at radius 1 is 1.11 bits per heavy atom. The van der Waals surface area contributed by atoms with Gasteiger partial charge in [-0.05, 0) is 67.6 Å². The fraction of sp³-hybridized carbons (Fsp3) is 0.696. The maximum atomic E-state index is 13.7. The molecule has 5 heteroatoms. The minimum Gasteiger partial charge on any atom is -0.378 e. The molecule has 0 radical (unpaired) electrons. The Hall–Kier alpha value is -1.46. The molecular formula is C23H30FNO3. The van der Waals surface area contributed by atoms with E-state index in [1.165, 1.54) is 0 Å². The van der Waals surface area contributed by atoms with Crippen molar-refractivity contribution in [3.05, 3.63) is 35.6 Å². The van der Waals surface area contributed by atoms with Gasteiger partial charge >= 0.3 is 0 Å². The van der Waals surface area contributed by atoms with Gasteiger partial charge in [0.2, 0.25) is 5.91 Å². The van der Waals surface area contributed by atoms with E-state index in [1.54, 1.807) is 19.2 Å². The topological polar surface area (TPSA) is 38.8 Å². The van der Waals surface area contributed by atoms with Crippen LogP contribution < -0.4 is 0 Å². The van der Waals surface area contributed by atoms with E-state index in [-0.39, 0.29) is 28.8 Å². The first-order chi connectivity index (χ1) is 13.5. The molecule has 1 heterocycles. The van der Waals surface area contributed by atoms with Crippen LogP contribution in [-0.2, 0) is 19.7 Å². The molecule has 5 fully saturated rings. The summed E-state index contributed by atoms with van der Waals surface area (Å²) in [6.07, 6.45) is 6.20. The molecule has 2 atom stereocenters. The number of carbonyl (C=O) groups excluding carboxylic acids is 1. The number of amides is 1. The predicted molar refractivity (Wildman–Crippen MR) is 103 cm³/mol. The number of nitrogens with zero attached hydrogens (tertiary/aromatic N) is 1. The molecular weight excluding hydrogens is 357 g/mol. The highest BCUT2D eigenvalue weighted by Gasteiger charge is 2.63. The van der Waals surface area contributed by atoms with Crippen LogP contribution in [0.3, 0.4) is 0 Å². The third-order valence-electron chi connectivity index (χ3n) is 8.38. The number of benzene rings is 1. The van der Waals surface area contributed by atoms with Gasteiger partial charge in [-0.25, -0.2) is 4.39 Å². The van der Waals surface area contributed by atoms with E-state index < -0.39 is 0 Å². The number of halogens is 1. The third kappa shape index (κ3) is 2.66. The summed E-state index contributed by atoms with van der Waals surface area (Å²) in [5, 5.41) is 0. The van der Waals surface area contributed by atoms with Gasteiger partial charge in [0.25, 0.3) is 0 Å². The Kier molecular flexibility index (Phi) is 4.33. The maximum absolute atomic E-state index is 13.7. The van der Waals surface area contributed by atoms with Crippen LogP contribution in [0, 0.1) is 23.6 Å². The van der Waals surface area contributed by atoms with Gasteiger partial charge in [0.15, 0.2) is 0 Å². The van der Waals surface area contributed by atoms with Gasteiger partial charge in [-0.3, -0.25) is 4.79 Å². The average Bonchev–Trinajstić information content (AvgIpc) is 2.64. The normalized spacial score (nSPS) is 39.2. The van der Waals surface area contributed by atoms with Gasteiger partial charge in [0.05, 0.1) is 11.7 Å². The van der Waals surface area contributed by atoms with Crippen molar-refractivity contribution in [3.63, 3.8) is 0 Å². The quantitative estimate of drug-likeness (QED) is 0.776. The van der Waals surface area contributed by atoms with Gasteiger partial charge in [0, 0.05) is 39.1 Å². The number of ether oxygens (including phenoxy) is 2. The number of methoxy groups -OCH3 is 2. The lowest BCUT2D eigenvalue weighted by molar-refractivity contribution is -0.186. The molecule has 1 saturated heterocycles. The summed E-state index contributed by atoms with van der Waals surface area (Å²) in [5.41, 5.74) is 0.939. The van der Waals surface area contributed by atoms with E-state index in [1.807, 2.05) is 24.1 Å². The van der Waals surface area contributed by atoms with Crippen molar-refractivity contribution in [1.82, 2.24) is 4.90 Å². The average molecular weight is 387 g/mol. The first kappa shape index (κ1) is 18.6. The van der Waals surface area contributed by atoms with Crippen molar-refractivity contribution >= 4 is 5.91 Å². The van der Waals surface area contributed by atoms with Crippen molar-refractivity contribution in [2.24, 2.45) is 17.8 Å². The van der Waals surface area contributed by atoms with Crippen molar-refractivity contribution in [2.75, 3.05) is 27.3 Å². The number of rotatable bonds is 5. The summed E-state index contributed by atoms with van der Waals surface area (Å²) in [6.45, 7) is 1.38.